The summed E-state index contributed by atoms with van der Waals surface area (Å²) < 4.78 is 0. The standard InChI is InChI=1S/C7H14BNO5/c1-2-5(3-9(13)14)6(11)7(8,12)4-10/h2,6,10-12H,3-4,8H2,1H3/b5-2+. The maximum absolute atomic E-state index is 10.2. The quantitative estimate of drug-likeness (QED) is 0.205. The Kier molecular flexibility index (Phi) is 4.75. The smallest absolute Gasteiger partial charge is 0.227 e. The van der Waals surface area contributed by atoms with Gasteiger partial charge in [0.2, 0.25) is 6.54 Å². The minimum atomic E-state index is -1.75. The summed E-state index contributed by atoms with van der Waals surface area (Å²) in [5.41, 5.74) is -1.67. The van der Waals surface area contributed by atoms with E-state index in [4.69, 9.17) is 5.11 Å². The van der Waals surface area contributed by atoms with Crippen LogP contribution < -0.4 is 0 Å². The van der Waals surface area contributed by atoms with E-state index >= 15 is 0 Å². The molecule has 0 aromatic rings. The van der Waals surface area contributed by atoms with Crippen LogP contribution in [0.15, 0.2) is 11.6 Å². The lowest BCUT2D eigenvalue weighted by Crippen LogP contribution is -2.48. The Morgan fingerprint density at radius 3 is 2.57 bits per heavy atom. The number of aliphatic hydroxyl groups is 3. The summed E-state index contributed by atoms with van der Waals surface area (Å²) in [7, 11) is 1.21. The molecular weight excluding hydrogens is 189 g/mol. The van der Waals surface area contributed by atoms with Crippen molar-refractivity contribution < 1.29 is 20.2 Å². The third-order valence-electron chi connectivity index (χ3n) is 1.94. The fraction of sp³-hybridized carbons (Fsp3) is 0.714. The zero-order valence-corrected chi connectivity index (χ0v) is 8.17. The number of rotatable bonds is 5. The van der Waals surface area contributed by atoms with Gasteiger partial charge in [-0.2, -0.15) is 0 Å². The van der Waals surface area contributed by atoms with E-state index in [0.717, 1.165) is 0 Å². The molecule has 0 aromatic heterocycles. The van der Waals surface area contributed by atoms with Crippen molar-refractivity contribution >= 4 is 7.85 Å². The largest absolute Gasteiger partial charge is 0.394 e. The third kappa shape index (κ3) is 3.45. The van der Waals surface area contributed by atoms with Gasteiger partial charge in [0.15, 0.2) is 0 Å². The van der Waals surface area contributed by atoms with E-state index in [9.17, 15) is 20.3 Å². The summed E-state index contributed by atoms with van der Waals surface area (Å²) in [5.74, 6) is 0. The molecule has 0 heterocycles. The molecule has 0 spiro atoms. The van der Waals surface area contributed by atoms with E-state index in [1.165, 1.54) is 20.8 Å². The Morgan fingerprint density at radius 2 is 2.29 bits per heavy atom. The Balaban J connectivity index is 4.63. The molecule has 0 aromatic carbocycles. The number of hydrogen-bond donors (Lipinski definition) is 3. The molecule has 0 aliphatic heterocycles. The SMILES string of the molecule is BC(O)(CO)C(O)/C(=C/C)C[N+](=O)[O-]. The van der Waals surface area contributed by atoms with Gasteiger partial charge in [0.25, 0.3) is 0 Å². The molecule has 0 rings (SSSR count). The zero-order valence-electron chi connectivity index (χ0n) is 8.17. The van der Waals surface area contributed by atoms with Crippen LogP contribution in [0.5, 0.6) is 0 Å². The maximum atomic E-state index is 10.2. The lowest BCUT2D eigenvalue weighted by molar-refractivity contribution is -0.472. The van der Waals surface area contributed by atoms with Crippen LogP contribution in [0.4, 0.5) is 0 Å². The molecule has 0 saturated carbocycles. The highest BCUT2D eigenvalue weighted by Gasteiger charge is 2.33. The lowest BCUT2D eigenvalue weighted by atomic mass is 9.75. The van der Waals surface area contributed by atoms with Crippen molar-refractivity contribution in [2.45, 2.75) is 18.5 Å². The molecule has 0 amide bonds. The maximum Gasteiger partial charge on any atom is 0.227 e. The van der Waals surface area contributed by atoms with Gasteiger partial charge in [-0.15, -0.1) is 0 Å². The van der Waals surface area contributed by atoms with Gasteiger partial charge < -0.3 is 15.3 Å². The number of hydrogen-bond acceptors (Lipinski definition) is 5. The highest BCUT2D eigenvalue weighted by atomic mass is 16.6. The first kappa shape index (κ1) is 13.1. The van der Waals surface area contributed by atoms with Crippen LogP contribution in [0.2, 0.25) is 0 Å². The van der Waals surface area contributed by atoms with E-state index in [2.05, 4.69) is 0 Å². The van der Waals surface area contributed by atoms with Crippen LogP contribution in [0.1, 0.15) is 6.92 Å². The van der Waals surface area contributed by atoms with Gasteiger partial charge in [0.05, 0.1) is 12.1 Å². The lowest BCUT2D eigenvalue weighted by Gasteiger charge is -2.27. The highest BCUT2D eigenvalue weighted by molar-refractivity contribution is 6.15. The van der Waals surface area contributed by atoms with E-state index < -0.39 is 29.7 Å². The van der Waals surface area contributed by atoms with Gasteiger partial charge in [-0.3, -0.25) is 10.1 Å². The average molecular weight is 203 g/mol. The van der Waals surface area contributed by atoms with Crippen molar-refractivity contribution in [1.82, 2.24) is 0 Å². The van der Waals surface area contributed by atoms with Crippen molar-refractivity contribution in [3.05, 3.63) is 21.8 Å². The number of nitrogens with zero attached hydrogens (tertiary/aromatic N) is 1. The summed E-state index contributed by atoms with van der Waals surface area (Å²) in [5, 5.41) is 37.9. The van der Waals surface area contributed by atoms with Crippen LogP contribution in [0.25, 0.3) is 0 Å². The number of aliphatic hydroxyl groups excluding tert-OH is 2. The van der Waals surface area contributed by atoms with Crippen LogP contribution in [-0.2, 0) is 0 Å². The Morgan fingerprint density at radius 1 is 1.79 bits per heavy atom. The minimum Gasteiger partial charge on any atom is -0.394 e. The zero-order chi connectivity index (χ0) is 11.4. The van der Waals surface area contributed by atoms with Gasteiger partial charge in [-0.25, -0.2) is 0 Å². The second-order valence-corrected chi connectivity index (χ2v) is 3.27. The summed E-state index contributed by atoms with van der Waals surface area (Å²) in [4.78, 5) is 9.59. The van der Waals surface area contributed by atoms with Gasteiger partial charge >= 0.3 is 0 Å². The van der Waals surface area contributed by atoms with Crippen LogP contribution in [-0.4, -0.2) is 52.8 Å². The summed E-state index contributed by atoms with van der Waals surface area (Å²) in [6, 6.07) is 0. The van der Waals surface area contributed by atoms with E-state index in [1.807, 2.05) is 0 Å². The fourth-order valence-corrected chi connectivity index (χ4v) is 0.971. The van der Waals surface area contributed by atoms with Crippen molar-refractivity contribution in [3.63, 3.8) is 0 Å². The van der Waals surface area contributed by atoms with Crippen molar-refractivity contribution in [2.24, 2.45) is 0 Å². The van der Waals surface area contributed by atoms with E-state index in [-0.39, 0.29) is 5.57 Å². The summed E-state index contributed by atoms with van der Waals surface area (Å²) >= 11 is 0. The van der Waals surface area contributed by atoms with Crippen LogP contribution in [0, 0.1) is 10.1 Å². The van der Waals surface area contributed by atoms with Gasteiger partial charge in [-0.05, 0) is 6.92 Å². The number of nitro groups is 1. The molecule has 0 aliphatic rings. The van der Waals surface area contributed by atoms with Crippen molar-refractivity contribution in [1.29, 1.82) is 0 Å². The fourth-order valence-electron chi connectivity index (χ4n) is 0.971. The first-order valence-electron chi connectivity index (χ1n) is 4.13. The monoisotopic (exact) mass is 203 g/mol. The first-order chi connectivity index (χ1) is 6.35. The Labute approximate surface area is 82.4 Å². The van der Waals surface area contributed by atoms with Gasteiger partial charge in [0, 0.05) is 10.5 Å². The molecule has 2 atom stereocenters. The highest BCUT2D eigenvalue weighted by Crippen LogP contribution is 2.14. The molecule has 0 radical (unpaired) electrons. The molecule has 6 nitrogen and oxygen atoms in total. The van der Waals surface area contributed by atoms with Crippen LogP contribution >= 0.6 is 0 Å². The molecule has 80 valence electrons. The molecule has 3 N–H and O–H groups in total. The van der Waals surface area contributed by atoms with E-state index in [1.54, 1.807) is 0 Å². The normalized spacial score (nSPS) is 18.7. The Bertz CT molecular complexity index is 240. The topological polar surface area (TPSA) is 104 Å². The van der Waals surface area contributed by atoms with Gasteiger partial charge in [0.1, 0.15) is 14.0 Å². The minimum absolute atomic E-state index is 0.0778. The van der Waals surface area contributed by atoms with Crippen LogP contribution in [0.3, 0.4) is 0 Å². The second-order valence-electron chi connectivity index (χ2n) is 3.27. The average Bonchev–Trinajstić information content (AvgIpc) is 2.12. The predicted octanol–water partition coefficient (Wildman–Crippen LogP) is -2.12. The predicted molar refractivity (Wildman–Crippen MR) is 52.2 cm³/mol. The van der Waals surface area contributed by atoms with Gasteiger partial charge in [-0.1, -0.05) is 6.08 Å². The van der Waals surface area contributed by atoms with Crippen molar-refractivity contribution in [2.75, 3.05) is 13.2 Å². The number of allylic oxidation sites excluding steroid dienone is 1. The Hall–Kier alpha value is -0.915. The molecule has 14 heavy (non-hydrogen) atoms. The first-order valence-corrected chi connectivity index (χ1v) is 4.13. The molecule has 2 unspecified atom stereocenters. The molecule has 0 bridgehead atoms. The molecule has 7 heteroatoms. The molecule has 0 aliphatic carbocycles. The summed E-state index contributed by atoms with van der Waals surface area (Å²) in [6.07, 6.45) is -0.0691. The second kappa shape index (κ2) is 5.09. The van der Waals surface area contributed by atoms with Crippen molar-refractivity contribution in [3.8, 4) is 0 Å². The molecular formula is C7H14BNO5. The molecule has 0 fully saturated rings. The summed E-state index contributed by atoms with van der Waals surface area (Å²) in [6.45, 7) is 0.312. The third-order valence-corrected chi connectivity index (χ3v) is 1.94. The van der Waals surface area contributed by atoms with E-state index in [0.29, 0.717) is 0 Å². The molecule has 0 saturated heterocycles.